The predicted molar refractivity (Wildman–Crippen MR) is 58.5 cm³/mol. The lowest BCUT2D eigenvalue weighted by molar-refractivity contribution is 0.979. The fourth-order valence-corrected chi connectivity index (χ4v) is 1.61. The molecular weight excluding hydrogens is 195 g/mol. The van der Waals surface area contributed by atoms with Crippen LogP contribution in [0.1, 0.15) is 0 Å². The summed E-state index contributed by atoms with van der Waals surface area (Å²) in [6.07, 6.45) is 0. The summed E-state index contributed by atoms with van der Waals surface area (Å²) in [7, 11) is 0. The monoisotopic (exact) mass is 203 g/mol. The quantitative estimate of drug-likeness (QED) is 0.709. The van der Waals surface area contributed by atoms with Crippen LogP contribution < -0.4 is 11.2 Å². The number of nitrogens with one attached hydrogen (secondary N) is 1. The van der Waals surface area contributed by atoms with Gasteiger partial charge in [0, 0.05) is 0 Å². The summed E-state index contributed by atoms with van der Waals surface area (Å²) < 4.78 is 0. The molecule has 0 saturated heterocycles. The first-order chi connectivity index (χ1) is 6.84. The first-order valence-corrected chi connectivity index (χ1v) is 4.95. The Labute approximate surface area is 86.5 Å². The van der Waals surface area contributed by atoms with Gasteiger partial charge in [-0.25, -0.2) is 5.10 Å². The topological polar surface area (TPSA) is 67.6 Å². The Morgan fingerprint density at radius 3 is 2.71 bits per heavy atom. The molecule has 1 radical (unpaired) electrons. The lowest BCUT2D eigenvalue weighted by Crippen LogP contribution is -2.09. The minimum Gasteiger partial charge on any atom is -0.368 e. The van der Waals surface area contributed by atoms with E-state index >= 15 is 0 Å². The maximum atomic E-state index is 5.39. The lowest BCUT2D eigenvalue weighted by atomic mass is 9.95. The van der Waals surface area contributed by atoms with Crippen molar-refractivity contribution >= 4 is 29.6 Å². The van der Waals surface area contributed by atoms with Gasteiger partial charge >= 0.3 is 0 Å². The molecule has 0 aliphatic heterocycles. The summed E-state index contributed by atoms with van der Waals surface area (Å²) in [6.45, 7) is 1.97. The summed E-state index contributed by atoms with van der Waals surface area (Å²) in [5, 5.41) is 7.11. The highest BCUT2D eigenvalue weighted by molar-refractivity contribution is 8.23. The molecule has 3 N–H and O–H groups in total. The number of aromatic amines is 1. The van der Waals surface area contributed by atoms with E-state index in [2.05, 4.69) is 15.2 Å². The highest BCUT2D eigenvalue weighted by atomic mass is 32.2. The van der Waals surface area contributed by atoms with Crippen LogP contribution >= 0.6 is 11.6 Å². The highest BCUT2D eigenvalue weighted by Crippen LogP contribution is 2.09. The second-order valence-corrected chi connectivity index (χ2v) is 3.49. The lowest BCUT2D eigenvalue weighted by Gasteiger charge is -1.94. The standard InChI is InChI=1S/C8H8BN4S/c10-7-11-8(13-12-7)14-9-6-4-2-1-3-5-6/h1-5H,(H3,10,11,12,13). The van der Waals surface area contributed by atoms with E-state index in [1.807, 2.05) is 36.9 Å². The number of hydrogen-bond acceptors (Lipinski definition) is 4. The van der Waals surface area contributed by atoms with Crippen LogP contribution in [0, 0.1) is 0 Å². The summed E-state index contributed by atoms with van der Waals surface area (Å²) in [4.78, 5) is 3.97. The second-order valence-electron chi connectivity index (χ2n) is 2.65. The van der Waals surface area contributed by atoms with Crippen molar-refractivity contribution in [1.82, 2.24) is 15.2 Å². The summed E-state index contributed by atoms with van der Waals surface area (Å²) in [5.41, 5.74) is 6.52. The third-order valence-electron chi connectivity index (χ3n) is 1.58. The van der Waals surface area contributed by atoms with Gasteiger partial charge < -0.3 is 5.73 Å². The van der Waals surface area contributed by atoms with Gasteiger partial charge in [-0.3, -0.25) is 0 Å². The zero-order valence-electron chi connectivity index (χ0n) is 7.34. The molecule has 0 unspecified atom stereocenters. The van der Waals surface area contributed by atoms with Gasteiger partial charge in [0.2, 0.25) is 12.5 Å². The van der Waals surface area contributed by atoms with Crippen LogP contribution in [0.3, 0.4) is 0 Å². The number of nitrogen functional groups attached to an aromatic ring is 1. The third-order valence-corrected chi connectivity index (χ3v) is 2.37. The fraction of sp³-hybridized carbons (Fsp3) is 0. The predicted octanol–water partition coefficient (Wildman–Crippen LogP) is 0.424. The van der Waals surface area contributed by atoms with E-state index in [0.717, 1.165) is 5.46 Å². The zero-order valence-corrected chi connectivity index (χ0v) is 8.16. The molecule has 14 heavy (non-hydrogen) atoms. The molecule has 69 valence electrons. The molecule has 4 nitrogen and oxygen atoms in total. The first kappa shape index (κ1) is 9.14. The molecule has 6 heteroatoms. The van der Waals surface area contributed by atoms with Gasteiger partial charge in [0.25, 0.3) is 0 Å². The molecule has 2 rings (SSSR count). The van der Waals surface area contributed by atoms with Crippen molar-refractivity contribution in [2.75, 3.05) is 5.73 Å². The van der Waals surface area contributed by atoms with E-state index in [0.29, 0.717) is 11.1 Å². The van der Waals surface area contributed by atoms with Gasteiger partial charge in [-0.2, -0.15) is 4.98 Å². The van der Waals surface area contributed by atoms with E-state index in [1.165, 1.54) is 11.6 Å². The molecule has 0 amide bonds. The van der Waals surface area contributed by atoms with Gasteiger partial charge in [-0.05, 0) is 0 Å². The van der Waals surface area contributed by atoms with Crippen molar-refractivity contribution in [3.05, 3.63) is 30.3 Å². The SMILES string of the molecule is Nc1nc(S[B]c2ccccc2)n[nH]1. The number of benzene rings is 1. The molecule has 1 heterocycles. The average molecular weight is 203 g/mol. The third kappa shape index (κ3) is 2.29. The van der Waals surface area contributed by atoms with Crippen molar-refractivity contribution in [2.45, 2.75) is 5.16 Å². The van der Waals surface area contributed by atoms with Crippen LogP contribution in [0.2, 0.25) is 0 Å². The van der Waals surface area contributed by atoms with Crippen molar-refractivity contribution in [2.24, 2.45) is 0 Å². The van der Waals surface area contributed by atoms with Crippen molar-refractivity contribution in [3.8, 4) is 0 Å². The molecule has 0 aliphatic carbocycles. The van der Waals surface area contributed by atoms with Crippen LogP contribution in [0.15, 0.2) is 35.5 Å². The molecule has 0 spiro atoms. The Balaban J connectivity index is 1.95. The zero-order chi connectivity index (χ0) is 9.80. The molecule has 0 saturated carbocycles. The van der Waals surface area contributed by atoms with Crippen LogP contribution in [0.5, 0.6) is 0 Å². The first-order valence-electron chi connectivity index (χ1n) is 4.07. The van der Waals surface area contributed by atoms with E-state index in [-0.39, 0.29) is 0 Å². The molecule has 0 atom stereocenters. The van der Waals surface area contributed by atoms with Crippen LogP contribution in [-0.4, -0.2) is 21.7 Å². The smallest absolute Gasteiger partial charge is 0.240 e. The van der Waals surface area contributed by atoms with Crippen LogP contribution in [0.25, 0.3) is 0 Å². The Bertz CT molecular complexity index is 403. The second kappa shape index (κ2) is 4.19. The maximum Gasteiger partial charge on any atom is 0.240 e. The number of aromatic nitrogens is 3. The van der Waals surface area contributed by atoms with Crippen LogP contribution in [0.4, 0.5) is 5.95 Å². The minimum atomic E-state index is 0.342. The molecule has 0 bridgehead atoms. The Kier molecular flexibility index (Phi) is 2.74. The fourth-order valence-electron chi connectivity index (χ4n) is 0.963. The average Bonchev–Trinajstić information content (AvgIpc) is 2.63. The Hall–Kier alpha value is -1.43. The van der Waals surface area contributed by atoms with E-state index in [9.17, 15) is 0 Å². The molecule has 2 aromatic rings. The molecular formula is C8H8BN4S. The Morgan fingerprint density at radius 1 is 1.29 bits per heavy atom. The summed E-state index contributed by atoms with van der Waals surface area (Å²) in [6, 6.07) is 9.98. The number of anilines is 1. The summed E-state index contributed by atoms with van der Waals surface area (Å²) >= 11 is 1.44. The molecule has 0 aliphatic rings. The normalized spacial score (nSPS) is 10.0. The van der Waals surface area contributed by atoms with Gasteiger partial charge in [-0.1, -0.05) is 35.8 Å². The van der Waals surface area contributed by atoms with Gasteiger partial charge in [0.15, 0.2) is 5.16 Å². The number of nitrogens with two attached hydrogens (primary N) is 1. The molecule has 1 aromatic heterocycles. The van der Waals surface area contributed by atoms with Crippen LogP contribution in [-0.2, 0) is 0 Å². The van der Waals surface area contributed by atoms with Gasteiger partial charge in [-0.15, -0.1) is 16.7 Å². The van der Waals surface area contributed by atoms with E-state index < -0.39 is 0 Å². The minimum absolute atomic E-state index is 0.342. The van der Waals surface area contributed by atoms with E-state index in [4.69, 9.17) is 5.73 Å². The van der Waals surface area contributed by atoms with Gasteiger partial charge in [0.05, 0.1) is 0 Å². The number of H-pyrrole nitrogens is 1. The largest absolute Gasteiger partial charge is 0.368 e. The number of hydrogen-bond donors (Lipinski definition) is 2. The molecule has 1 aromatic carbocycles. The molecule has 0 fully saturated rings. The van der Waals surface area contributed by atoms with Crippen molar-refractivity contribution in [3.63, 3.8) is 0 Å². The summed E-state index contributed by atoms with van der Waals surface area (Å²) in [5.74, 6) is 0.342. The number of nitrogens with zero attached hydrogens (tertiary/aromatic N) is 2. The van der Waals surface area contributed by atoms with Crippen molar-refractivity contribution in [1.29, 1.82) is 0 Å². The van der Waals surface area contributed by atoms with Crippen molar-refractivity contribution < 1.29 is 0 Å². The number of rotatable bonds is 3. The highest BCUT2D eigenvalue weighted by Gasteiger charge is 2.02. The van der Waals surface area contributed by atoms with E-state index in [1.54, 1.807) is 0 Å². The maximum absolute atomic E-state index is 5.39. The Morgan fingerprint density at radius 2 is 2.07 bits per heavy atom. The van der Waals surface area contributed by atoms with Gasteiger partial charge in [0.1, 0.15) is 0 Å².